The van der Waals surface area contributed by atoms with Crippen LogP contribution in [-0.4, -0.2) is 8.42 Å². The van der Waals surface area contributed by atoms with Crippen molar-refractivity contribution in [2.45, 2.75) is 25.3 Å². The monoisotopic (exact) mass is 258 g/mol. The molecule has 0 aliphatic carbocycles. The van der Waals surface area contributed by atoms with Crippen LogP contribution in [0.4, 0.5) is 9.57 Å². The molecule has 8 heteroatoms. The van der Waals surface area contributed by atoms with E-state index in [0.29, 0.717) is 11.1 Å². The van der Waals surface area contributed by atoms with E-state index in [2.05, 4.69) is 10.0 Å². The summed E-state index contributed by atoms with van der Waals surface area (Å²) in [6, 6.07) is 1.14. The molecular weight excluding hydrogens is 247 g/mol. The first-order valence-electron chi connectivity index (χ1n) is 4.63. The van der Waals surface area contributed by atoms with Gasteiger partial charge in [0.2, 0.25) is 0 Å². The summed E-state index contributed by atoms with van der Waals surface area (Å²) in [6.07, 6.45) is 0. The molecule has 2 N–H and O–H groups in total. The Morgan fingerprint density at radius 1 is 1.47 bits per heavy atom. The minimum atomic E-state index is -4.84. The Morgan fingerprint density at radius 2 is 2.06 bits per heavy atom. The minimum absolute atomic E-state index is 0.0741. The lowest BCUT2D eigenvalue weighted by Gasteiger charge is -2.12. The second-order valence-electron chi connectivity index (χ2n) is 3.52. The lowest BCUT2D eigenvalue weighted by molar-refractivity contribution is 0.551. The summed E-state index contributed by atoms with van der Waals surface area (Å²) in [7, 11) is -4.84. The summed E-state index contributed by atoms with van der Waals surface area (Å²) >= 11 is 0. The van der Waals surface area contributed by atoms with Crippen LogP contribution in [0, 0.1) is 13.8 Å². The van der Waals surface area contributed by atoms with E-state index < -0.39 is 15.1 Å². The molecule has 6 nitrogen and oxygen atoms in total. The molecule has 0 atom stereocenters. The van der Waals surface area contributed by atoms with Gasteiger partial charge in [0.05, 0.1) is 6.54 Å². The van der Waals surface area contributed by atoms with Gasteiger partial charge in [0, 0.05) is 10.6 Å². The summed E-state index contributed by atoms with van der Waals surface area (Å²) in [5, 5.41) is 3.30. The Morgan fingerprint density at radius 3 is 2.53 bits per heavy atom. The molecule has 1 rings (SSSR count). The molecule has 0 spiro atoms. The molecule has 0 unspecified atom stereocenters. The lowest BCUT2D eigenvalue weighted by Crippen LogP contribution is -2.05. The van der Waals surface area contributed by atoms with Gasteiger partial charge in [-0.1, -0.05) is 5.11 Å². The van der Waals surface area contributed by atoms with Gasteiger partial charge in [0.15, 0.2) is 0 Å². The van der Waals surface area contributed by atoms with Gasteiger partial charge < -0.3 is 5.73 Å². The van der Waals surface area contributed by atoms with Crippen LogP contribution in [0.2, 0.25) is 0 Å². The lowest BCUT2D eigenvalue weighted by atomic mass is 10.0. The molecule has 0 aliphatic rings. The molecule has 0 radical (unpaired) electrons. The predicted octanol–water partition coefficient (Wildman–Crippen LogP) is 2.35. The molecule has 17 heavy (non-hydrogen) atoms. The minimum Gasteiger partial charge on any atom is -0.398 e. The van der Waals surface area contributed by atoms with Crippen molar-refractivity contribution in [3.05, 3.63) is 33.2 Å². The van der Waals surface area contributed by atoms with Gasteiger partial charge >= 0.3 is 10.2 Å². The smallest absolute Gasteiger partial charge is 0.332 e. The average molecular weight is 258 g/mol. The Hall–Kier alpha value is -1.79. The average Bonchev–Trinajstić information content (AvgIpc) is 2.23. The van der Waals surface area contributed by atoms with E-state index >= 15 is 0 Å². The highest BCUT2D eigenvalue weighted by Gasteiger charge is 2.20. The summed E-state index contributed by atoms with van der Waals surface area (Å²) in [4.78, 5) is 2.07. The number of rotatable bonds is 3. The Bertz CT molecular complexity index is 606. The number of azide groups is 1. The van der Waals surface area contributed by atoms with Crippen LogP contribution in [0.1, 0.15) is 16.7 Å². The zero-order valence-corrected chi connectivity index (χ0v) is 10.1. The molecule has 92 valence electrons. The van der Waals surface area contributed by atoms with E-state index in [1.54, 1.807) is 6.92 Å². The van der Waals surface area contributed by atoms with Crippen LogP contribution in [-0.2, 0) is 16.8 Å². The molecule has 0 aliphatic heterocycles. The van der Waals surface area contributed by atoms with E-state index in [-0.39, 0.29) is 17.8 Å². The van der Waals surface area contributed by atoms with E-state index in [1.165, 1.54) is 6.92 Å². The molecule has 0 bridgehead atoms. The van der Waals surface area contributed by atoms with Crippen molar-refractivity contribution in [2.24, 2.45) is 5.11 Å². The highest BCUT2D eigenvalue weighted by atomic mass is 32.3. The maximum Gasteiger partial charge on any atom is 0.332 e. The van der Waals surface area contributed by atoms with E-state index in [9.17, 15) is 12.3 Å². The molecular formula is C9H11FN4O2S. The van der Waals surface area contributed by atoms with Gasteiger partial charge in [-0.25, -0.2) is 0 Å². The van der Waals surface area contributed by atoms with Crippen LogP contribution in [0.25, 0.3) is 10.4 Å². The maximum absolute atomic E-state index is 13.0. The Kier molecular flexibility index (Phi) is 3.59. The Balaban J connectivity index is 3.55. The van der Waals surface area contributed by atoms with Crippen molar-refractivity contribution in [1.82, 2.24) is 0 Å². The molecule has 0 saturated heterocycles. The zero-order valence-electron chi connectivity index (χ0n) is 9.31. The van der Waals surface area contributed by atoms with Crippen molar-refractivity contribution in [3.63, 3.8) is 0 Å². The van der Waals surface area contributed by atoms with Gasteiger partial charge in [-0.2, -0.15) is 8.42 Å². The third-order valence-electron chi connectivity index (χ3n) is 2.53. The maximum atomic E-state index is 13.0. The van der Waals surface area contributed by atoms with E-state index in [1.807, 2.05) is 0 Å². The van der Waals surface area contributed by atoms with Crippen molar-refractivity contribution < 1.29 is 12.3 Å². The third-order valence-corrected chi connectivity index (χ3v) is 3.48. The van der Waals surface area contributed by atoms with Crippen molar-refractivity contribution in [1.29, 1.82) is 0 Å². The van der Waals surface area contributed by atoms with Crippen LogP contribution < -0.4 is 5.73 Å². The van der Waals surface area contributed by atoms with Crippen molar-refractivity contribution in [2.75, 3.05) is 5.73 Å². The first-order chi connectivity index (χ1) is 7.79. The van der Waals surface area contributed by atoms with Crippen LogP contribution in [0.3, 0.4) is 0 Å². The highest BCUT2D eigenvalue weighted by molar-refractivity contribution is 7.86. The SMILES string of the molecule is Cc1c(CN=[N+]=[N-])cc(S(=O)(=O)F)c(C)c1N. The second kappa shape index (κ2) is 4.60. The van der Waals surface area contributed by atoms with Gasteiger partial charge in [0.25, 0.3) is 0 Å². The summed E-state index contributed by atoms with van der Waals surface area (Å²) in [6.45, 7) is 3.00. The molecule has 0 aromatic heterocycles. The van der Waals surface area contributed by atoms with Crippen molar-refractivity contribution >= 4 is 15.9 Å². The molecule has 0 fully saturated rings. The van der Waals surface area contributed by atoms with E-state index in [4.69, 9.17) is 11.3 Å². The molecule has 0 heterocycles. The molecule has 1 aromatic carbocycles. The molecule has 0 amide bonds. The first kappa shape index (κ1) is 13.3. The number of benzene rings is 1. The standard InChI is InChI=1S/C9H11FN4O2S/c1-5-7(4-13-14-12)3-8(17(10,15)16)6(2)9(5)11/h3H,4,11H2,1-2H3. The predicted molar refractivity (Wildman–Crippen MR) is 61.5 cm³/mol. The fraction of sp³-hybridized carbons (Fsp3) is 0.333. The zero-order chi connectivity index (χ0) is 13.2. The Labute approximate surface area is 98.1 Å². The molecule has 1 aromatic rings. The number of anilines is 1. The fourth-order valence-electron chi connectivity index (χ4n) is 1.49. The number of nitrogens with zero attached hydrogens (tertiary/aromatic N) is 3. The van der Waals surface area contributed by atoms with E-state index in [0.717, 1.165) is 6.07 Å². The topological polar surface area (TPSA) is 109 Å². The molecule has 0 saturated carbocycles. The number of nitrogens with two attached hydrogens (primary N) is 1. The second-order valence-corrected chi connectivity index (χ2v) is 4.84. The van der Waals surface area contributed by atoms with Gasteiger partial charge in [0.1, 0.15) is 4.90 Å². The summed E-state index contributed by atoms with van der Waals surface area (Å²) < 4.78 is 34.8. The number of hydrogen-bond acceptors (Lipinski definition) is 4. The van der Waals surface area contributed by atoms with Crippen LogP contribution in [0.5, 0.6) is 0 Å². The van der Waals surface area contributed by atoms with Gasteiger partial charge in [-0.3, -0.25) is 0 Å². The largest absolute Gasteiger partial charge is 0.398 e. The normalized spacial score (nSPS) is 11.0. The van der Waals surface area contributed by atoms with Crippen LogP contribution in [0.15, 0.2) is 16.1 Å². The van der Waals surface area contributed by atoms with Crippen LogP contribution >= 0.6 is 0 Å². The number of hydrogen-bond donors (Lipinski definition) is 1. The first-order valence-corrected chi connectivity index (χ1v) is 6.01. The van der Waals surface area contributed by atoms with Crippen molar-refractivity contribution in [3.8, 4) is 0 Å². The summed E-state index contributed by atoms with van der Waals surface area (Å²) in [5.41, 5.74) is 15.2. The number of halogens is 1. The number of nitrogen functional groups attached to an aromatic ring is 1. The highest BCUT2D eigenvalue weighted by Crippen LogP contribution is 2.29. The quantitative estimate of drug-likeness (QED) is 0.295. The fourth-order valence-corrected chi connectivity index (χ4v) is 2.25. The third kappa shape index (κ3) is 2.66. The van der Waals surface area contributed by atoms with Gasteiger partial charge in [-0.15, -0.1) is 3.89 Å². The summed E-state index contributed by atoms with van der Waals surface area (Å²) in [5.74, 6) is 0. The van der Waals surface area contributed by atoms with Gasteiger partial charge in [-0.05, 0) is 42.1 Å².